The lowest BCUT2D eigenvalue weighted by atomic mass is 10.1. The minimum absolute atomic E-state index is 0.243. The second kappa shape index (κ2) is 6.88. The number of thiophene rings is 1. The Morgan fingerprint density at radius 1 is 1.30 bits per heavy atom. The first-order valence-corrected chi connectivity index (χ1v) is 7.45. The molecule has 0 aliphatic rings. The number of rotatable bonds is 5. The lowest BCUT2D eigenvalue weighted by molar-refractivity contribution is 0.0600. The zero-order valence-electron chi connectivity index (χ0n) is 11.4. The fraction of sp³-hybridized carbons (Fsp3) is 0.267. The van der Waals surface area contributed by atoms with Crippen LogP contribution in [0.15, 0.2) is 36.4 Å². The van der Waals surface area contributed by atoms with Crippen LogP contribution in [0.4, 0.5) is 0 Å². The molecule has 0 aliphatic heterocycles. The van der Waals surface area contributed by atoms with Crippen molar-refractivity contribution in [1.29, 1.82) is 0 Å². The molecule has 2 rings (SSSR count). The number of carbonyl (C=O) groups excluding carboxylic acids is 1. The van der Waals surface area contributed by atoms with E-state index < -0.39 is 0 Å². The van der Waals surface area contributed by atoms with Crippen molar-refractivity contribution < 1.29 is 9.53 Å². The van der Waals surface area contributed by atoms with Gasteiger partial charge in [-0.05, 0) is 36.8 Å². The van der Waals surface area contributed by atoms with E-state index in [9.17, 15) is 4.79 Å². The molecule has 1 N–H and O–H groups in total. The van der Waals surface area contributed by atoms with Crippen LogP contribution in [0.25, 0.3) is 0 Å². The number of hydrogen-bond acceptors (Lipinski definition) is 4. The smallest absolute Gasteiger partial charge is 0.337 e. The van der Waals surface area contributed by atoms with Crippen molar-refractivity contribution in [2.45, 2.75) is 19.5 Å². The van der Waals surface area contributed by atoms with E-state index in [1.807, 2.05) is 24.3 Å². The molecule has 0 fully saturated rings. The molecular weight excluding hydrogens is 294 g/mol. The Bertz CT molecular complexity index is 580. The van der Waals surface area contributed by atoms with Crippen molar-refractivity contribution in [3.8, 4) is 0 Å². The predicted octanol–water partition coefficient (Wildman–Crippen LogP) is 4.04. The molecule has 0 bridgehead atoms. The summed E-state index contributed by atoms with van der Waals surface area (Å²) in [4.78, 5) is 12.5. The van der Waals surface area contributed by atoms with Gasteiger partial charge in [-0.3, -0.25) is 0 Å². The average Bonchev–Trinajstić information content (AvgIpc) is 2.91. The molecule has 0 saturated heterocycles. The molecule has 1 heterocycles. The Morgan fingerprint density at radius 2 is 2.00 bits per heavy atom. The maximum Gasteiger partial charge on any atom is 0.337 e. The molecule has 2 aromatic rings. The molecule has 1 atom stereocenters. The highest BCUT2D eigenvalue weighted by Crippen LogP contribution is 2.26. The van der Waals surface area contributed by atoms with Gasteiger partial charge in [-0.2, -0.15) is 0 Å². The van der Waals surface area contributed by atoms with Crippen molar-refractivity contribution in [1.82, 2.24) is 5.32 Å². The number of ether oxygens (including phenoxy) is 1. The fourth-order valence-electron chi connectivity index (χ4n) is 1.81. The SMILES string of the molecule is COC(=O)c1ccc(CNC(C)c2ccc(Cl)s2)cc1. The van der Waals surface area contributed by atoms with E-state index >= 15 is 0 Å². The van der Waals surface area contributed by atoms with Crippen molar-refractivity contribution in [3.05, 3.63) is 56.7 Å². The van der Waals surface area contributed by atoms with Crippen molar-refractivity contribution in [3.63, 3.8) is 0 Å². The first-order chi connectivity index (χ1) is 9.60. The van der Waals surface area contributed by atoms with Crippen LogP contribution < -0.4 is 5.32 Å². The molecule has 0 radical (unpaired) electrons. The van der Waals surface area contributed by atoms with E-state index in [1.165, 1.54) is 12.0 Å². The quantitative estimate of drug-likeness (QED) is 0.847. The van der Waals surface area contributed by atoms with Gasteiger partial charge in [0.25, 0.3) is 0 Å². The summed E-state index contributed by atoms with van der Waals surface area (Å²) >= 11 is 7.51. The largest absolute Gasteiger partial charge is 0.465 e. The number of carbonyl (C=O) groups is 1. The maximum absolute atomic E-state index is 11.3. The second-order valence-corrected chi connectivity index (χ2v) is 6.18. The molecule has 5 heteroatoms. The number of halogens is 1. The Hall–Kier alpha value is -1.36. The molecule has 0 saturated carbocycles. The van der Waals surface area contributed by atoms with Gasteiger partial charge in [0.15, 0.2) is 0 Å². The van der Waals surface area contributed by atoms with E-state index in [2.05, 4.69) is 17.0 Å². The first-order valence-electron chi connectivity index (χ1n) is 6.26. The van der Waals surface area contributed by atoms with Crippen LogP contribution >= 0.6 is 22.9 Å². The molecule has 106 valence electrons. The normalized spacial score (nSPS) is 12.2. The van der Waals surface area contributed by atoms with E-state index in [1.54, 1.807) is 23.5 Å². The molecule has 1 aromatic carbocycles. The highest BCUT2D eigenvalue weighted by Gasteiger charge is 2.08. The van der Waals surface area contributed by atoms with Gasteiger partial charge in [0, 0.05) is 17.5 Å². The standard InChI is InChI=1S/C15H16ClNO2S/c1-10(13-7-8-14(16)20-13)17-9-11-3-5-12(6-4-11)15(18)19-2/h3-8,10,17H,9H2,1-2H3. The lowest BCUT2D eigenvalue weighted by Gasteiger charge is -2.12. The maximum atomic E-state index is 11.3. The van der Waals surface area contributed by atoms with Crippen LogP contribution in [-0.4, -0.2) is 13.1 Å². The van der Waals surface area contributed by atoms with Gasteiger partial charge in [-0.25, -0.2) is 4.79 Å². The number of nitrogens with one attached hydrogen (secondary N) is 1. The third kappa shape index (κ3) is 3.82. The van der Waals surface area contributed by atoms with Crippen molar-refractivity contribution in [2.75, 3.05) is 7.11 Å². The monoisotopic (exact) mass is 309 g/mol. The molecule has 0 aliphatic carbocycles. The number of methoxy groups -OCH3 is 1. The summed E-state index contributed by atoms with van der Waals surface area (Å²) < 4.78 is 5.47. The Morgan fingerprint density at radius 3 is 2.55 bits per heavy atom. The van der Waals surface area contributed by atoms with Crippen LogP contribution in [0.1, 0.15) is 33.8 Å². The minimum atomic E-state index is -0.314. The van der Waals surface area contributed by atoms with Crippen LogP contribution in [0, 0.1) is 0 Å². The summed E-state index contributed by atoms with van der Waals surface area (Å²) in [6.45, 7) is 2.84. The van der Waals surface area contributed by atoms with Crippen molar-refractivity contribution >= 4 is 28.9 Å². The fourth-order valence-corrected chi connectivity index (χ4v) is 2.90. The van der Waals surface area contributed by atoms with Gasteiger partial charge >= 0.3 is 5.97 Å². The lowest BCUT2D eigenvalue weighted by Crippen LogP contribution is -2.17. The predicted molar refractivity (Wildman–Crippen MR) is 82.4 cm³/mol. The Balaban J connectivity index is 1.92. The molecule has 1 unspecified atom stereocenters. The van der Waals surface area contributed by atoms with Crippen molar-refractivity contribution in [2.24, 2.45) is 0 Å². The van der Waals surface area contributed by atoms with Crippen LogP contribution in [0.5, 0.6) is 0 Å². The van der Waals surface area contributed by atoms with Crippen LogP contribution in [0.2, 0.25) is 4.34 Å². The zero-order valence-corrected chi connectivity index (χ0v) is 12.9. The summed E-state index contributed by atoms with van der Waals surface area (Å²) in [5, 5.41) is 3.43. The minimum Gasteiger partial charge on any atom is -0.465 e. The highest BCUT2D eigenvalue weighted by molar-refractivity contribution is 7.16. The Kier molecular flexibility index (Phi) is 5.17. The molecule has 3 nitrogen and oxygen atoms in total. The van der Waals surface area contributed by atoms with Crippen LogP contribution in [-0.2, 0) is 11.3 Å². The zero-order chi connectivity index (χ0) is 14.5. The molecular formula is C15H16ClNO2S. The molecule has 20 heavy (non-hydrogen) atoms. The summed E-state index contributed by atoms with van der Waals surface area (Å²) in [5.74, 6) is -0.314. The Labute approximate surface area is 127 Å². The van der Waals surface area contributed by atoms with E-state index in [0.29, 0.717) is 5.56 Å². The third-order valence-corrected chi connectivity index (χ3v) is 4.42. The van der Waals surface area contributed by atoms with Crippen LogP contribution in [0.3, 0.4) is 0 Å². The first kappa shape index (κ1) is 15.0. The van der Waals surface area contributed by atoms with Gasteiger partial charge in [0.05, 0.1) is 17.0 Å². The molecule has 1 aromatic heterocycles. The van der Waals surface area contributed by atoms with Gasteiger partial charge in [-0.1, -0.05) is 23.7 Å². The van der Waals surface area contributed by atoms with E-state index in [0.717, 1.165) is 16.4 Å². The summed E-state index contributed by atoms with van der Waals surface area (Å²) in [6.07, 6.45) is 0. The summed E-state index contributed by atoms with van der Waals surface area (Å²) in [5.41, 5.74) is 1.68. The van der Waals surface area contributed by atoms with Gasteiger partial charge in [0.2, 0.25) is 0 Å². The van der Waals surface area contributed by atoms with Gasteiger partial charge in [-0.15, -0.1) is 11.3 Å². The number of hydrogen-bond donors (Lipinski definition) is 1. The number of esters is 1. The highest BCUT2D eigenvalue weighted by atomic mass is 35.5. The second-order valence-electron chi connectivity index (χ2n) is 4.43. The van der Waals surface area contributed by atoms with E-state index in [-0.39, 0.29) is 12.0 Å². The topological polar surface area (TPSA) is 38.3 Å². The summed E-state index contributed by atoms with van der Waals surface area (Å²) in [7, 11) is 1.38. The molecule has 0 spiro atoms. The van der Waals surface area contributed by atoms with E-state index in [4.69, 9.17) is 11.6 Å². The number of benzene rings is 1. The third-order valence-electron chi connectivity index (χ3n) is 3.01. The summed E-state index contributed by atoms with van der Waals surface area (Å²) in [6, 6.07) is 11.6. The average molecular weight is 310 g/mol. The van der Waals surface area contributed by atoms with Gasteiger partial charge in [0.1, 0.15) is 0 Å². The molecule has 0 amide bonds. The van der Waals surface area contributed by atoms with Gasteiger partial charge < -0.3 is 10.1 Å².